The highest BCUT2D eigenvalue weighted by Gasteiger charge is 2.09. The zero-order chi connectivity index (χ0) is 13.1. The number of hydrogen-bond donors (Lipinski definition) is 2. The predicted octanol–water partition coefficient (Wildman–Crippen LogP) is 3.67. The molecule has 4 nitrogen and oxygen atoms in total. The molecule has 0 bridgehead atoms. The topological polar surface area (TPSA) is 62.2 Å². The van der Waals surface area contributed by atoms with E-state index in [1.165, 1.54) is 23.6 Å². The molecule has 18 heavy (non-hydrogen) atoms. The highest BCUT2D eigenvalue weighted by molar-refractivity contribution is 7.16. The maximum absolute atomic E-state index is 10.7. The summed E-state index contributed by atoms with van der Waals surface area (Å²) in [5.74, 6) is -0.343. The van der Waals surface area contributed by atoms with Crippen molar-refractivity contribution in [1.29, 1.82) is 0 Å². The van der Waals surface area contributed by atoms with Crippen LogP contribution >= 0.6 is 22.9 Å². The second-order valence-electron chi connectivity index (χ2n) is 3.75. The lowest BCUT2D eigenvalue weighted by molar-refractivity contribution is 0.0696. The lowest BCUT2D eigenvalue weighted by atomic mass is 10.2. The largest absolute Gasteiger partial charge is 0.478 e. The Balaban J connectivity index is 2.07. The van der Waals surface area contributed by atoms with Gasteiger partial charge < -0.3 is 10.4 Å². The summed E-state index contributed by atoms with van der Waals surface area (Å²) in [6.07, 6.45) is 1.33. The number of pyridine rings is 1. The number of thiophene rings is 1. The van der Waals surface area contributed by atoms with Gasteiger partial charge >= 0.3 is 5.97 Å². The number of carbonyl (C=O) groups is 1. The highest BCUT2D eigenvalue weighted by atomic mass is 35.5. The SMILES string of the molecule is CC(Nc1ccc(C(=O)O)cn1)c1ccc(Cl)s1. The molecule has 2 rings (SSSR count). The fourth-order valence-corrected chi connectivity index (χ4v) is 2.52. The predicted molar refractivity (Wildman–Crippen MR) is 72.6 cm³/mol. The van der Waals surface area contributed by atoms with Crippen LogP contribution < -0.4 is 5.32 Å². The van der Waals surface area contributed by atoms with Crippen molar-refractivity contribution in [1.82, 2.24) is 4.98 Å². The summed E-state index contributed by atoms with van der Waals surface area (Å²) in [4.78, 5) is 15.8. The third-order valence-corrected chi connectivity index (χ3v) is 3.81. The fraction of sp³-hybridized carbons (Fsp3) is 0.167. The first kappa shape index (κ1) is 12.9. The number of halogens is 1. The minimum Gasteiger partial charge on any atom is -0.478 e. The molecule has 0 aromatic carbocycles. The molecule has 2 aromatic heterocycles. The molecule has 0 radical (unpaired) electrons. The second-order valence-corrected chi connectivity index (χ2v) is 5.49. The van der Waals surface area contributed by atoms with E-state index in [0.29, 0.717) is 5.82 Å². The van der Waals surface area contributed by atoms with Crippen molar-refractivity contribution in [2.24, 2.45) is 0 Å². The van der Waals surface area contributed by atoms with E-state index in [2.05, 4.69) is 10.3 Å². The van der Waals surface area contributed by atoms with Crippen molar-refractivity contribution in [2.75, 3.05) is 5.32 Å². The van der Waals surface area contributed by atoms with Crippen LogP contribution in [0.3, 0.4) is 0 Å². The summed E-state index contributed by atoms with van der Waals surface area (Å²) in [7, 11) is 0. The Labute approximate surface area is 113 Å². The Kier molecular flexibility index (Phi) is 3.84. The van der Waals surface area contributed by atoms with Crippen molar-refractivity contribution in [3.63, 3.8) is 0 Å². The third kappa shape index (κ3) is 3.00. The molecule has 0 fully saturated rings. The molecule has 0 aliphatic heterocycles. The molecular formula is C12H11ClN2O2S. The number of aromatic carboxylic acids is 1. The Morgan fingerprint density at radius 2 is 2.22 bits per heavy atom. The monoisotopic (exact) mass is 282 g/mol. The zero-order valence-corrected chi connectivity index (χ0v) is 11.1. The van der Waals surface area contributed by atoms with Gasteiger partial charge in [0.25, 0.3) is 0 Å². The number of carboxylic acids is 1. The number of rotatable bonds is 4. The van der Waals surface area contributed by atoms with Gasteiger partial charge in [0.1, 0.15) is 5.82 Å². The van der Waals surface area contributed by atoms with Gasteiger partial charge in [0.2, 0.25) is 0 Å². The number of nitrogens with one attached hydrogen (secondary N) is 1. The standard InChI is InChI=1S/C12H11ClN2O2S/c1-7(9-3-4-10(13)18-9)15-11-5-2-8(6-14-11)12(16)17/h2-7H,1H3,(H,14,15)(H,16,17). The van der Waals surface area contributed by atoms with E-state index in [1.54, 1.807) is 6.07 Å². The van der Waals surface area contributed by atoms with Gasteiger partial charge in [0.05, 0.1) is 15.9 Å². The summed E-state index contributed by atoms with van der Waals surface area (Å²) in [6, 6.07) is 7.04. The first-order chi connectivity index (χ1) is 8.56. The van der Waals surface area contributed by atoms with Crippen molar-refractivity contribution >= 4 is 34.7 Å². The van der Waals surface area contributed by atoms with Crippen LogP contribution in [-0.2, 0) is 0 Å². The van der Waals surface area contributed by atoms with Crippen LogP contribution in [0, 0.1) is 0 Å². The van der Waals surface area contributed by atoms with E-state index >= 15 is 0 Å². The van der Waals surface area contributed by atoms with E-state index in [-0.39, 0.29) is 11.6 Å². The second kappa shape index (κ2) is 5.37. The summed E-state index contributed by atoms with van der Waals surface area (Å²) in [5.41, 5.74) is 0.173. The average molecular weight is 283 g/mol. The Morgan fingerprint density at radius 3 is 2.72 bits per heavy atom. The molecule has 1 atom stereocenters. The van der Waals surface area contributed by atoms with Crippen LogP contribution in [0.2, 0.25) is 4.34 Å². The molecule has 0 saturated heterocycles. The Hall–Kier alpha value is -1.59. The summed E-state index contributed by atoms with van der Waals surface area (Å²) < 4.78 is 0.743. The van der Waals surface area contributed by atoms with Crippen molar-refractivity contribution in [3.8, 4) is 0 Å². The van der Waals surface area contributed by atoms with Crippen molar-refractivity contribution in [3.05, 3.63) is 45.2 Å². The molecule has 0 aliphatic carbocycles. The summed E-state index contributed by atoms with van der Waals surface area (Å²) in [5, 5.41) is 12.0. The number of carboxylic acid groups (broad SMARTS) is 1. The normalized spacial score (nSPS) is 12.1. The van der Waals surface area contributed by atoms with E-state index in [1.807, 2.05) is 19.1 Å². The molecule has 1 unspecified atom stereocenters. The fourth-order valence-electron chi connectivity index (χ4n) is 1.46. The van der Waals surface area contributed by atoms with Gasteiger partial charge in [-0.3, -0.25) is 0 Å². The smallest absolute Gasteiger partial charge is 0.337 e. The van der Waals surface area contributed by atoms with Gasteiger partial charge in [-0.25, -0.2) is 9.78 Å². The van der Waals surface area contributed by atoms with Gasteiger partial charge in [0, 0.05) is 11.1 Å². The van der Waals surface area contributed by atoms with Crippen molar-refractivity contribution in [2.45, 2.75) is 13.0 Å². The summed E-state index contributed by atoms with van der Waals surface area (Å²) in [6.45, 7) is 1.99. The van der Waals surface area contributed by atoms with E-state index in [0.717, 1.165) is 9.21 Å². The van der Waals surface area contributed by atoms with Crippen LogP contribution in [0.4, 0.5) is 5.82 Å². The minimum atomic E-state index is -0.980. The molecule has 2 heterocycles. The lowest BCUT2D eigenvalue weighted by Crippen LogP contribution is -2.07. The average Bonchev–Trinajstić information content (AvgIpc) is 2.76. The van der Waals surface area contributed by atoms with Crippen LogP contribution in [-0.4, -0.2) is 16.1 Å². The van der Waals surface area contributed by atoms with Gasteiger partial charge in [-0.1, -0.05) is 11.6 Å². The van der Waals surface area contributed by atoms with Crippen LogP contribution in [0.5, 0.6) is 0 Å². The first-order valence-corrected chi connectivity index (χ1v) is 6.47. The highest BCUT2D eigenvalue weighted by Crippen LogP contribution is 2.28. The van der Waals surface area contributed by atoms with Crippen molar-refractivity contribution < 1.29 is 9.90 Å². The minimum absolute atomic E-state index is 0.0747. The van der Waals surface area contributed by atoms with Gasteiger partial charge in [-0.05, 0) is 31.2 Å². The maximum atomic E-state index is 10.7. The molecule has 0 aliphatic rings. The number of hydrogen-bond acceptors (Lipinski definition) is 4. The molecule has 0 spiro atoms. The van der Waals surface area contributed by atoms with Crippen LogP contribution in [0.1, 0.15) is 28.2 Å². The van der Waals surface area contributed by atoms with Gasteiger partial charge in [-0.2, -0.15) is 0 Å². The van der Waals surface area contributed by atoms with E-state index in [9.17, 15) is 4.79 Å². The van der Waals surface area contributed by atoms with Crippen LogP contribution in [0.25, 0.3) is 0 Å². The number of aromatic nitrogens is 1. The first-order valence-electron chi connectivity index (χ1n) is 5.27. The number of anilines is 1. The van der Waals surface area contributed by atoms with E-state index < -0.39 is 5.97 Å². The molecular weight excluding hydrogens is 272 g/mol. The molecule has 2 N–H and O–H groups in total. The Morgan fingerprint density at radius 1 is 1.44 bits per heavy atom. The lowest BCUT2D eigenvalue weighted by Gasteiger charge is -2.12. The van der Waals surface area contributed by atoms with Crippen LogP contribution in [0.15, 0.2) is 30.5 Å². The molecule has 6 heteroatoms. The van der Waals surface area contributed by atoms with E-state index in [4.69, 9.17) is 16.7 Å². The third-order valence-electron chi connectivity index (χ3n) is 2.40. The summed E-state index contributed by atoms with van der Waals surface area (Å²) >= 11 is 7.38. The number of nitrogens with zero attached hydrogens (tertiary/aromatic N) is 1. The van der Waals surface area contributed by atoms with Gasteiger partial charge in [0.15, 0.2) is 0 Å². The maximum Gasteiger partial charge on any atom is 0.337 e. The zero-order valence-electron chi connectivity index (χ0n) is 9.55. The Bertz CT molecular complexity index is 553. The molecule has 0 amide bonds. The molecule has 2 aromatic rings. The quantitative estimate of drug-likeness (QED) is 0.898. The molecule has 94 valence electrons. The molecule has 0 saturated carbocycles. The van der Waals surface area contributed by atoms with Gasteiger partial charge in [-0.15, -0.1) is 11.3 Å².